The maximum atomic E-state index is 9.70. The summed E-state index contributed by atoms with van der Waals surface area (Å²) in [7, 11) is 0. The van der Waals surface area contributed by atoms with Gasteiger partial charge in [-0.2, -0.15) is 0 Å². The quantitative estimate of drug-likeness (QED) is 0.661. The molecule has 0 fully saturated rings. The number of nitrogens with one attached hydrogen (secondary N) is 1. The first-order chi connectivity index (χ1) is 8.68. The Balaban J connectivity index is 2.01. The molecule has 0 saturated heterocycles. The van der Waals surface area contributed by atoms with E-state index in [4.69, 9.17) is 4.74 Å². The van der Waals surface area contributed by atoms with Crippen molar-refractivity contribution in [2.24, 2.45) is 5.92 Å². The van der Waals surface area contributed by atoms with Gasteiger partial charge in [0, 0.05) is 6.54 Å². The molecule has 0 aliphatic rings. The van der Waals surface area contributed by atoms with Gasteiger partial charge in [-0.1, -0.05) is 44.2 Å². The average molecular weight is 251 g/mol. The van der Waals surface area contributed by atoms with Crippen LogP contribution in [-0.4, -0.2) is 30.9 Å². The Morgan fingerprint density at radius 2 is 1.94 bits per heavy atom. The highest BCUT2D eigenvalue weighted by Gasteiger charge is 2.04. The number of aliphatic hydroxyl groups is 1. The van der Waals surface area contributed by atoms with Crippen LogP contribution < -0.4 is 5.32 Å². The van der Waals surface area contributed by atoms with Crippen LogP contribution in [0.25, 0.3) is 0 Å². The lowest BCUT2D eigenvalue weighted by Gasteiger charge is -2.13. The monoisotopic (exact) mass is 251 g/mol. The third-order valence-electron chi connectivity index (χ3n) is 2.70. The molecule has 1 unspecified atom stereocenters. The van der Waals surface area contributed by atoms with Gasteiger partial charge in [-0.15, -0.1) is 0 Å². The molecule has 0 amide bonds. The van der Waals surface area contributed by atoms with E-state index in [2.05, 4.69) is 19.2 Å². The van der Waals surface area contributed by atoms with Gasteiger partial charge in [-0.25, -0.2) is 0 Å². The van der Waals surface area contributed by atoms with Gasteiger partial charge in [0.25, 0.3) is 0 Å². The van der Waals surface area contributed by atoms with Gasteiger partial charge in [-0.3, -0.25) is 0 Å². The van der Waals surface area contributed by atoms with Crippen molar-refractivity contribution in [1.29, 1.82) is 0 Å². The summed E-state index contributed by atoms with van der Waals surface area (Å²) in [4.78, 5) is 0. The van der Waals surface area contributed by atoms with Gasteiger partial charge in [0.2, 0.25) is 0 Å². The van der Waals surface area contributed by atoms with E-state index in [9.17, 15) is 5.11 Å². The van der Waals surface area contributed by atoms with E-state index in [1.807, 2.05) is 30.3 Å². The molecule has 0 aliphatic heterocycles. The van der Waals surface area contributed by atoms with E-state index in [-0.39, 0.29) is 0 Å². The number of hydrogen-bond acceptors (Lipinski definition) is 3. The second kappa shape index (κ2) is 9.09. The lowest BCUT2D eigenvalue weighted by molar-refractivity contribution is 0.0288. The summed E-state index contributed by atoms with van der Waals surface area (Å²) in [6, 6.07) is 10.0. The summed E-state index contributed by atoms with van der Waals surface area (Å²) >= 11 is 0. The first-order valence-electron chi connectivity index (χ1n) is 6.69. The first kappa shape index (κ1) is 15.2. The zero-order valence-corrected chi connectivity index (χ0v) is 11.4. The van der Waals surface area contributed by atoms with Gasteiger partial charge < -0.3 is 15.2 Å². The predicted molar refractivity (Wildman–Crippen MR) is 74.4 cm³/mol. The molecule has 0 saturated carbocycles. The zero-order valence-electron chi connectivity index (χ0n) is 11.4. The van der Waals surface area contributed by atoms with Crippen molar-refractivity contribution in [1.82, 2.24) is 5.32 Å². The summed E-state index contributed by atoms with van der Waals surface area (Å²) in [6.45, 7) is 6.88. The first-order valence-corrected chi connectivity index (χ1v) is 6.69. The molecule has 102 valence electrons. The summed E-state index contributed by atoms with van der Waals surface area (Å²) in [5.41, 5.74) is 1.14. The molecule has 0 bridgehead atoms. The Kier molecular flexibility index (Phi) is 7.65. The number of hydrogen-bond donors (Lipinski definition) is 2. The van der Waals surface area contributed by atoms with E-state index in [0.29, 0.717) is 25.7 Å². The molecule has 3 nitrogen and oxygen atoms in total. The third kappa shape index (κ3) is 7.43. The van der Waals surface area contributed by atoms with Crippen molar-refractivity contribution in [2.45, 2.75) is 33.0 Å². The fourth-order valence-electron chi connectivity index (χ4n) is 1.61. The van der Waals surface area contributed by atoms with Crippen LogP contribution in [0.1, 0.15) is 25.8 Å². The minimum atomic E-state index is -0.430. The van der Waals surface area contributed by atoms with Crippen molar-refractivity contribution in [3.05, 3.63) is 35.9 Å². The molecular formula is C15H25NO2. The Bertz CT molecular complexity index is 301. The molecule has 1 aromatic rings. The Morgan fingerprint density at radius 1 is 1.22 bits per heavy atom. The fourth-order valence-corrected chi connectivity index (χ4v) is 1.61. The van der Waals surface area contributed by atoms with Crippen molar-refractivity contribution in [2.75, 3.05) is 19.7 Å². The normalized spacial score (nSPS) is 12.9. The van der Waals surface area contributed by atoms with Crippen LogP contribution in [0.15, 0.2) is 30.3 Å². The maximum Gasteiger partial charge on any atom is 0.0897 e. The fraction of sp³-hybridized carbons (Fsp3) is 0.600. The molecule has 3 heteroatoms. The summed E-state index contributed by atoms with van der Waals surface area (Å²) in [5.74, 6) is 0.698. The molecule has 0 aromatic heterocycles. The van der Waals surface area contributed by atoms with Gasteiger partial charge in [0.15, 0.2) is 0 Å². The average Bonchev–Trinajstić information content (AvgIpc) is 2.36. The van der Waals surface area contributed by atoms with E-state index in [1.165, 1.54) is 0 Å². The third-order valence-corrected chi connectivity index (χ3v) is 2.70. The zero-order chi connectivity index (χ0) is 13.2. The van der Waals surface area contributed by atoms with Gasteiger partial charge in [0.1, 0.15) is 0 Å². The van der Waals surface area contributed by atoms with Gasteiger partial charge in [-0.05, 0) is 24.4 Å². The summed E-state index contributed by atoms with van der Waals surface area (Å²) in [6.07, 6.45) is 0.707. The van der Waals surface area contributed by atoms with E-state index < -0.39 is 6.10 Å². The summed E-state index contributed by atoms with van der Waals surface area (Å²) < 4.78 is 5.47. The van der Waals surface area contributed by atoms with E-state index in [0.717, 1.165) is 18.5 Å². The molecule has 1 rings (SSSR count). The lowest BCUT2D eigenvalue weighted by atomic mass is 10.1. The topological polar surface area (TPSA) is 41.5 Å². The number of aliphatic hydroxyl groups excluding tert-OH is 1. The van der Waals surface area contributed by atoms with Crippen LogP contribution in [0.2, 0.25) is 0 Å². The second-order valence-electron chi connectivity index (χ2n) is 5.04. The van der Waals surface area contributed by atoms with E-state index in [1.54, 1.807) is 0 Å². The number of rotatable bonds is 9. The van der Waals surface area contributed by atoms with Crippen molar-refractivity contribution >= 4 is 0 Å². The van der Waals surface area contributed by atoms with Crippen LogP contribution in [0, 0.1) is 5.92 Å². The SMILES string of the molecule is CC(C)CCNCC(O)COCc1ccccc1. The Labute approximate surface area is 110 Å². The molecule has 18 heavy (non-hydrogen) atoms. The molecular weight excluding hydrogens is 226 g/mol. The predicted octanol–water partition coefficient (Wildman–Crippen LogP) is 2.20. The van der Waals surface area contributed by atoms with Crippen molar-refractivity contribution in [3.8, 4) is 0 Å². The minimum Gasteiger partial charge on any atom is -0.389 e. The molecule has 1 aromatic carbocycles. The Morgan fingerprint density at radius 3 is 2.61 bits per heavy atom. The molecule has 0 radical (unpaired) electrons. The van der Waals surface area contributed by atoms with Crippen LogP contribution in [-0.2, 0) is 11.3 Å². The van der Waals surface area contributed by atoms with Gasteiger partial charge in [0.05, 0.1) is 19.3 Å². The molecule has 0 aliphatic carbocycles. The molecule has 2 N–H and O–H groups in total. The maximum absolute atomic E-state index is 9.70. The molecule has 0 spiro atoms. The molecule has 1 atom stereocenters. The minimum absolute atomic E-state index is 0.379. The van der Waals surface area contributed by atoms with Crippen molar-refractivity contribution in [3.63, 3.8) is 0 Å². The second-order valence-corrected chi connectivity index (χ2v) is 5.04. The largest absolute Gasteiger partial charge is 0.389 e. The van der Waals surface area contributed by atoms with Gasteiger partial charge >= 0.3 is 0 Å². The highest BCUT2D eigenvalue weighted by atomic mass is 16.5. The number of ether oxygens (including phenoxy) is 1. The highest BCUT2D eigenvalue weighted by Crippen LogP contribution is 2.01. The van der Waals surface area contributed by atoms with Crippen LogP contribution >= 0.6 is 0 Å². The smallest absolute Gasteiger partial charge is 0.0897 e. The Hall–Kier alpha value is -0.900. The van der Waals surface area contributed by atoms with Crippen LogP contribution in [0.3, 0.4) is 0 Å². The standard InChI is InChI=1S/C15H25NO2/c1-13(2)8-9-16-10-15(17)12-18-11-14-6-4-3-5-7-14/h3-7,13,15-17H,8-12H2,1-2H3. The van der Waals surface area contributed by atoms with Crippen molar-refractivity contribution < 1.29 is 9.84 Å². The van der Waals surface area contributed by atoms with Crippen LogP contribution in [0.5, 0.6) is 0 Å². The lowest BCUT2D eigenvalue weighted by Crippen LogP contribution is -2.31. The highest BCUT2D eigenvalue weighted by molar-refractivity contribution is 5.13. The van der Waals surface area contributed by atoms with Crippen LogP contribution in [0.4, 0.5) is 0 Å². The number of benzene rings is 1. The summed E-state index contributed by atoms with van der Waals surface area (Å²) in [5, 5.41) is 12.9. The molecule has 0 heterocycles. The van der Waals surface area contributed by atoms with E-state index >= 15 is 0 Å².